The van der Waals surface area contributed by atoms with Gasteiger partial charge in [0.05, 0.1) is 7.11 Å². The SMILES string of the molecule is COc1cccc(CNCCN(C)C)c1OCc1ccc(C)cc1.Cl.Cl. The molecule has 6 heteroatoms. The topological polar surface area (TPSA) is 33.7 Å². The van der Waals surface area contributed by atoms with E-state index in [0.717, 1.165) is 42.3 Å². The summed E-state index contributed by atoms with van der Waals surface area (Å²) < 4.78 is 11.6. The molecule has 0 aliphatic carbocycles. The average molecular weight is 401 g/mol. The second-order valence-corrected chi connectivity index (χ2v) is 6.20. The standard InChI is InChI=1S/C20H28N2O2.2ClH/c1-16-8-10-17(11-9-16)15-24-20-18(6-5-7-19(20)23-4)14-21-12-13-22(2)3;;/h5-11,21H,12-15H2,1-4H3;2*1H. The maximum absolute atomic E-state index is 6.09. The first-order valence-corrected chi connectivity index (χ1v) is 8.30. The minimum Gasteiger partial charge on any atom is -0.493 e. The summed E-state index contributed by atoms with van der Waals surface area (Å²) in [6, 6.07) is 14.4. The summed E-state index contributed by atoms with van der Waals surface area (Å²) in [5.41, 5.74) is 3.51. The highest BCUT2D eigenvalue weighted by molar-refractivity contribution is 5.85. The summed E-state index contributed by atoms with van der Waals surface area (Å²) in [7, 11) is 5.82. The number of ether oxygens (including phenoxy) is 2. The summed E-state index contributed by atoms with van der Waals surface area (Å²) in [6.07, 6.45) is 0. The van der Waals surface area contributed by atoms with Crippen LogP contribution >= 0.6 is 24.8 Å². The smallest absolute Gasteiger partial charge is 0.166 e. The number of nitrogens with one attached hydrogen (secondary N) is 1. The van der Waals surface area contributed by atoms with Crippen molar-refractivity contribution in [2.75, 3.05) is 34.3 Å². The zero-order chi connectivity index (χ0) is 17.4. The maximum Gasteiger partial charge on any atom is 0.166 e. The van der Waals surface area contributed by atoms with Gasteiger partial charge in [0, 0.05) is 25.2 Å². The summed E-state index contributed by atoms with van der Waals surface area (Å²) in [6.45, 7) is 5.31. The number of rotatable bonds is 9. The molecule has 4 nitrogen and oxygen atoms in total. The summed E-state index contributed by atoms with van der Waals surface area (Å²) >= 11 is 0. The molecular formula is C20H30Cl2N2O2. The monoisotopic (exact) mass is 400 g/mol. The van der Waals surface area contributed by atoms with Gasteiger partial charge in [-0.05, 0) is 32.6 Å². The fourth-order valence-electron chi connectivity index (χ4n) is 2.39. The third kappa shape index (κ3) is 7.83. The number of aryl methyl sites for hydroxylation is 1. The van der Waals surface area contributed by atoms with Gasteiger partial charge in [0.25, 0.3) is 0 Å². The number of hydrogen-bond acceptors (Lipinski definition) is 4. The van der Waals surface area contributed by atoms with Gasteiger partial charge in [-0.2, -0.15) is 0 Å². The van der Waals surface area contributed by atoms with E-state index >= 15 is 0 Å². The fourth-order valence-corrected chi connectivity index (χ4v) is 2.39. The Morgan fingerprint density at radius 1 is 1.00 bits per heavy atom. The molecule has 26 heavy (non-hydrogen) atoms. The Labute approximate surface area is 169 Å². The molecule has 0 aliphatic heterocycles. The third-order valence-electron chi connectivity index (χ3n) is 3.84. The predicted molar refractivity (Wildman–Crippen MR) is 113 cm³/mol. The highest BCUT2D eigenvalue weighted by atomic mass is 35.5. The van der Waals surface area contributed by atoms with Crippen LogP contribution in [0.3, 0.4) is 0 Å². The first-order chi connectivity index (χ1) is 11.6. The molecule has 0 aliphatic rings. The van der Waals surface area contributed by atoms with Gasteiger partial charge >= 0.3 is 0 Å². The van der Waals surface area contributed by atoms with E-state index in [-0.39, 0.29) is 24.8 Å². The lowest BCUT2D eigenvalue weighted by atomic mass is 10.1. The molecule has 0 unspecified atom stereocenters. The minimum absolute atomic E-state index is 0. The van der Waals surface area contributed by atoms with Crippen LogP contribution in [-0.4, -0.2) is 39.2 Å². The number of nitrogens with zero attached hydrogens (tertiary/aromatic N) is 1. The highest BCUT2D eigenvalue weighted by Crippen LogP contribution is 2.31. The van der Waals surface area contributed by atoms with Gasteiger partial charge < -0.3 is 19.7 Å². The van der Waals surface area contributed by atoms with Gasteiger partial charge in [0.2, 0.25) is 0 Å². The molecule has 0 amide bonds. The van der Waals surface area contributed by atoms with Crippen LogP contribution in [0, 0.1) is 6.92 Å². The molecule has 0 bridgehead atoms. The molecule has 0 aromatic heterocycles. The number of benzene rings is 2. The number of hydrogen-bond donors (Lipinski definition) is 1. The van der Waals surface area contributed by atoms with Crippen molar-refractivity contribution in [2.24, 2.45) is 0 Å². The zero-order valence-electron chi connectivity index (χ0n) is 16.0. The van der Waals surface area contributed by atoms with E-state index in [4.69, 9.17) is 9.47 Å². The van der Waals surface area contributed by atoms with Crippen LogP contribution in [0.2, 0.25) is 0 Å². The second kappa shape index (κ2) is 12.8. The van der Waals surface area contributed by atoms with Crippen molar-refractivity contribution in [3.63, 3.8) is 0 Å². The Balaban J connectivity index is 0.00000312. The second-order valence-electron chi connectivity index (χ2n) is 6.20. The van der Waals surface area contributed by atoms with Gasteiger partial charge in [-0.25, -0.2) is 0 Å². The average Bonchev–Trinajstić information content (AvgIpc) is 2.58. The molecule has 2 aromatic rings. The Morgan fingerprint density at radius 3 is 2.31 bits per heavy atom. The van der Waals surface area contributed by atoms with E-state index in [1.807, 2.05) is 12.1 Å². The molecule has 0 saturated carbocycles. The molecule has 0 heterocycles. The predicted octanol–water partition coefficient (Wildman–Crippen LogP) is 4.08. The molecule has 0 radical (unpaired) electrons. The van der Waals surface area contributed by atoms with Crippen LogP contribution < -0.4 is 14.8 Å². The molecule has 0 spiro atoms. The lowest BCUT2D eigenvalue weighted by molar-refractivity contribution is 0.280. The maximum atomic E-state index is 6.09. The van der Waals surface area contributed by atoms with Crippen molar-refractivity contribution >= 4 is 24.8 Å². The number of likely N-dealkylation sites (N-methyl/N-ethyl adjacent to an activating group) is 1. The van der Waals surface area contributed by atoms with E-state index in [1.165, 1.54) is 5.56 Å². The normalized spacial score (nSPS) is 10.0. The zero-order valence-corrected chi connectivity index (χ0v) is 17.6. The first-order valence-electron chi connectivity index (χ1n) is 8.30. The van der Waals surface area contributed by atoms with E-state index < -0.39 is 0 Å². The number of methoxy groups -OCH3 is 1. The fraction of sp³-hybridized carbons (Fsp3) is 0.400. The Morgan fingerprint density at radius 2 is 1.69 bits per heavy atom. The summed E-state index contributed by atoms with van der Waals surface area (Å²) in [4.78, 5) is 2.16. The van der Waals surface area contributed by atoms with Crippen LogP contribution in [0.1, 0.15) is 16.7 Å². The Hall–Kier alpha value is -1.46. The van der Waals surface area contributed by atoms with Gasteiger partial charge in [-0.3, -0.25) is 0 Å². The van der Waals surface area contributed by atoms with Gasteiger partial charge in [-0.15, -0.1) is 24.8 Å². The van der Waals surface area contributed by atoms with Crippen molar-refractivity contribution in [1.29, 1.82) is 0 Å². The van der Waals surface area contributed by atoms with E-state index in [9.17, 15) is 0 Å². The molecule has 2 aromatic carbocycles. The van der Waals surface area contributed by atoms with E-state index in [0.29, 0.717) is 6.61 Å². The summed E-state index contributed by atoms with van der Waals surface area (Å²) in [5, 5.41) is 3.45. The van der Waals surface area contributed by atoms with Crippen LogP contribution in [-0.2, 0) is 13.2 Å². The molecule has 0 fully saturated rings. The van der Waals surface area contributed by atoms with Crippen molar-refractivity contribution in [2.45, 2.75) is 20.1 Å². The Bertz CT molecular complexity index is 634. The number of para-hydroxylation sites is 1. The molecule has 0 atom stereocenters. The largest absolute Gasteiger partial charge is 0.493 e. The molecule has 1 N–H and O–H groups in total. The van der Waals surface area contributed by atoms with Crippen LogP contribution in [0.5, 0.6) is 11.5 Å². The third-order valence-corrected chi connectivity index (χ3v) is 3.84. The molecule has 146 valence electrons. The lowest BCUT2D eigenvalue weighted by Crippen LogP contribution is -2.26. The minimum atomic E-state index is 0. The Kier molecular flexibility index (Phi) is 12.1. The van der Waals surface area contributed by atoms with Gasteiger partial charge in [-0.1, -0.05) is 42.0 Å². The van der Waals surface area contributed by atoms with Crippen molar-refractivity contribution in [3.8, 4) is 11.5 Å². The van der Waals surface area contributed by atoms with E-state index in [2.05, 4.69) is 61.6 Å². The van der Waals surface area contributed by atoms with Crippen LogP contribution in [0.4, 0.5) is 0 Å². The molecular weight excluding hydrogens is 371 g/mol. The summed E-state index contributed by atoms with van der Waals surface area (Å²) in [5.74, 6) is 1.59. The molecule has 2 rings (SSSR count). The van der Waals surface area contributed by atoms with Crippen molar-refractivity contribution < 1.29 is 9.47 Å². The van der Waals surface area contributed by atoms with E-state index in [1.54, 1.807) is 7.11 Å². The van der Waals surface area contributed by atoms with Crippen molar-refractivity contribution in [3.05, 3.63) is 59.2 Å². The van der Waals surface area contributed by atoms with Gasteiger partial charge in [0.1, 0.15) is 6.61 Å². The lowest BCUT2D eigenvalue weighted by Gasteiger charge is -2.16. The van der Waals surface area contributed by atoms with Gasteiger partial charge in [0.15, 0.2) is 11.5 Å². The number of halogens is 2. The first kappa shape index (κ1) is 24.5. The van der Waals surface area contributed by atoms with Crippen LogP contribution in [0.25, 0.3) is 0 Å². The highest BCUT2D eigenvalue weighted by Gasteiger charge is 2.10. The van der Waals surface area contributed by atoms with Crippen molar-refractivity contribution in [1.82, 2.24) is 10.2 Å². The molecule has 0 saturated heterocycles. The van der Waals surface area contributed by atoms with Crippen LogP contribution in [0.15, 0.2) is 42.5 Å². The quantitative estimate of drug-likeness (QED) is 0.642.